The molecule has 0 aliphatic carbocycles. The van der Waals surface area contributed by atoms with Crippen LogP contribution in [-0.2, 0) is 0 Å². The first-order valence-electron chi connectivity index (χ1n) is 9.06. The van der Waals surface area contributed by atoms with Crippen molar-refractivity contribution < 1.29 is 9.18 Å². The summed E-state index contributed by atoms with van der Waals surface area (Å²) in [5, 5.41) is 6.87. The van der Waals surface area contributed by atoms with E-state index in [1.54, 1.807) is 30.6 Å². The first kappa shape index (κ1) is 17.3. The molecule has 6 heteroatoms. The first-order chi connectivity index (χ1) is 13.1. The number of aromatic nitrogens is 2. The number of halogens is 1. The third kappa shape index (κ3) is 3.43. The second-order valence-corrected chi connectivity index (χ2v) is 6.75. The molecular formula is C21H21FN4O. The van der Waals surface area contributed by atoms with E-state index in [-0.39, 0.29) is 12.1 Å². The van der Waals surface area contributed by atoms with Crippen LogP contribution in [0.3, 0.4) is 0 Å². The molecule has 1 atom stereocenters. The standard InChI is InChI=1S/C21H21FN4O/c1-15-6-2-3-7-17(15)19-8-4-12-25(19)21(27)24-16-9-10-20(18(22)14-16)26-13-5-11-23-26/h2-3,5-7,9-11,13-14,19H,4,8,12H2,1H3,(H,24,27)/t19-/m1/s1. The number of aryl methyl sites for hydroxylation is 1. The zero-order valence-electron chi connectivity index (χ0n) is 15.1. The fraction of sp³-hybridized carbons (Fsp3) is 0.238. The summed E-state index contributed by atoms with van der Waals surface area (Å²) in [5.74, 6) is -0.437. The molecule has 1 saturated heterocycles. The highest BCUT2D eigenvalue weighted by Crippen LogP contribution is 2.34. The Labute approximate surface area is 157 Å². The van der Waals surface area contributed by atoms with Crippen LogP contribution in [-0.4, -0.2) is 27.3 Å². The van der Waals surface area contributed by atoms with Crippen molar-refractivity contribution in [1.82, 2.24) is 14.7 Å². The number of rotatable bonds is 3. The maximum Gasteiger partial charge on any atom is 0.322 e. The largest absolute Gasteiger partial charge is 0.322 e. The van der Waals surface area contributed by atoms with Gasteiger partial charge in [0.25, 0.3) is 0 Å². The smallest absolute Gasteiger partial charge is 0.317 e. The molecule has 5 nitrogen and oxygen atoms in total. The van der Waals surface area contributed by atoms with Gasteiger partial charge in [-0.15, -0.1) is 0 Å². The molecular weight excluding hydrogens is 343 g/mol. The second-order valence-electron chi connectivity index (χ2n) is 6.75. The number of carbonyl (C=O) groups is 1. The Balaban J connectivity index is 1.52. The number of benzene rings is 2. The van der Waals surface area contributed by atoms with Gasteiger partial charge in [0, 0.05) is 24.6 Å². The van der Waals surface area contributed by atoms with E-state index in [1.165, 1.54) is 21.9 Å². The predicted octanol–water partition coefficient (Wildman–Crippen LogP) is 4.69. The number of likely N-dealkylation sites (tertiary alicyclic amines) is 1. The Morgan fingerprint density at radius 2 is 2.07 bits per heavy atom. The quantitative estimate of drug-likeness (QED) is 0.733. The zero-order chi connectivity index (χ0) is 18.8. The number of urea groups is 1. The van der Waals surface area contributed by atoms with Gasteiger partial charge in [-0.3, -0.25) is 0 Å². The molecule has 4 rings (SSSR count). The lowest BCUT2D eigenvalue weighted by Gasteiger charge is -2.26. The number of nitrogens with zero attached hydrogens (tertiary/aromatic N) is 3. The van der Waals surface area contributed by atoms with Crippen molar-refractivity contribution in [3.8, 4) is 5.69 Å². The highest BCUT2D eigenvalue weighted by atomic mass is 19.1. The van der Waals surface area contributed by atoms with Gasteiger partial charge in [0.2, 0.25) is 0 Å². The lowest BCUT2D eigenvalue weighted by Crippen LogP contribution is -2.34. The van der Waals surface area contributed by atoms with Crippen LogP contribution in [0, 0.1) is 12.7 Å². The van der Waals surface area contributed by atoms with Crippen LogP contribution in [0.2, 0.25) is 0 Å². The Morgan fingerprint density at radius 3 is 2.81 bits per heavy atom. The Hall–Kier alpha value is -3.15. The number of carbonyl (C=O) groups excluding carboxylic acids is 1. The molecule has 0 radical (unpaired) electrons. The number of nitrogens with one attached hydrogen (secondary N) is 1. The number of anilines is 1. The maximum atomic E-state index is 14.4. The molecule has 1 aliphatic rings. The van der Waals surface area contributed by atoms with Gasteiger partial charge in [-0.25, -0.2) is 13.9 Å². The first-order valence-corrected chi connectivity index (χ1v) is 9.06. The summed E-state index contributed by atoms with van der Waals surface area (Å²) in [6.45, 7) is 2.76. The normalized spacial score (nSPS) is 16.5. The lowest BCUT2D eigenvalue weighted by atomic mass is 9.99. The summed E-state index contributed by atoms with van der Waals surface area (Å²) in [6, 6.07) is 14.4. The van der Waals surface area contributed by atoms with E-state index in [4.69, 9.17) is 0 Å². The molecule has 27 heavy (non-hydrogen) atoms. The van der Waals surface area contributed by atoms with Gasteiger partial charge >= 0.3 is 6.03 Å². The summed E-state index contributed by atoms with van der Waals surface area (Å²) < 4.78 is 15.9. The van der Waals surface area contributed by atoms with E-state index in [0.717, 1.165) is 12.8 Å². The SMILES string of the molecule is Cc1ccccc1[C@H]1CCCN1C(=O)Nc1ccc(-n2cccn2)c(F)c1. The molecule has 3 aromatic rings. The number of hydrogen-bond donors (Lipinski definition) is 1. The zero-order valence-corrected chi connectivity index (χ0v) is 15.1. The van der Waals surface area contributed by atoms with E-state index in [0.29, 0.717) is 17.9 Å². The van der Waals surface area contributed by atoms with Crippen LogP contribution < -0.4 is 5.32 Å². The van der Waals surface area contributed by atoms with Crippen molar-refractivity contribution in [2.75, 3.05) is 11.9 Å². The van der Waals surface area contributed by atoms with E-state index in [9.17, 15) is 9.18 Å². The van der Waals surface area contributed by atoms with Crippen molar-refractivity contribution in [3.63, 3.8) is 0 Å². The third-order valence-electron chi connectivity index (χ3n) is 5.01. The molecule has 2 aromatic carbocycles. The molecule has 0 spiro atoms. The Bertz CT molecular complexity index is 955. The Kier molecular flexibility index (Phi) is 4.62. The minimum Gasteiger partial charge on any atom is -0.317 e. The van der Waals surface area contributed by atoms with Crippen LogP contribution in [0.15, 0.2) is 60.9 Å². The predicted molar refractivity (Wildman–Crippen MR) is 102 cm³/mol. The summed E-state index contributed by atoms with van der Waals surface area (Å²) in [5.41, 5.74) is 3.13. The molecule has 2 amide bonds. The fourth-order valence-electron chi connectivity index (χ4n) is 3.67. The van der Waals surface area contributed by atoms with Gasteiger partial charge in [-0.2, -0.15) is 5.10 Å². The maximum absolute atomic E-state index is 14.4. The van der Waals surface area contributed by atoms with E-state index in [2.05, 4.69) is 29.5 Å². The second kappa shape index (κ2) is 7.23. The van der Waals surface area contributed by atoms with Crippen molar-refractivity contribution in [2.45, 2.75) is 25.8 Å². The van der Waals surface area contributed by atoms with Crippen molar-refractivity contribution in [1.29, 1.82) is 0 Å². The molecule has 1 aliphatic heterocycles. The fourth-order valence-corrected chi connectivity index (χ4v) is 3.67. The summed E-state index contributed by atoms with van der Waals surface area (Å²) in [7, 11) is 0. The molecule has 1 aromatic heterocycles. The van der Waals surface area contributed by atoms with Crippen LogP contribution in [0.4, 0.5) is 14.9 Å². The number of amides is 2. The van der Waals surface area contributed by atoms with Crippen LogP contribution in [0.1, 0.15) is 30.0 Å². The summed E-state index contributed by atoms with van der Waals surface area (Å²) in [4.78, 5) is 14.6. The van der Waals surface area contributed by atoms with E-state index < -0.39 is 5.82 Å². The van der Waals surface area contributed by atoms with Gasteiger partial charge in [-0.1, -0.05) is 24.3 Å². The lowest BCUT2D eigenvalue weighted by molar-refractivity contribution is 0.207. The molecule has 0 saturated carbocycles. The van der Waals surface area contributed by atoms with Crippen molar-refractivity contribution in [2.24, 2.45) is 0 Å². The average molecular weight is 364 g/mol. The van der Waals surface area contributed by atoms with Gasteiger partial charge in [0.15, 0.2) is 5.82 Å². The number of hydrogen-bond acceptors (Lipinski definition) is 2. The van der Waals surface area contributed by atoms with E-state index >= 15 is 0 Å². The van der Waals surface area contributed by atoms with Crippen molar-refractivity contribution in [3.05, 3.63) is 77.9 Å². The minimum atomic E-state index is -0.437. The van der Waals surface area contributed by atoms with Crippen LogP contribution >= 0.6 is 0 Å². The van der Waals surface area contributed by atoms with Gasteiger partial charge in [0.1, 0.15) is 5.69 Å². The third-order valence-corrected chi connectivity index (χ3v) is 5.01. The highest BCUT2D eigenvalue weighted by Gasteiger charge is 2.30. The van der Waals surface area contributed by atoms with Gasteiger partial charge in [0.05, 0.1) is 6.04 Å². The van der Waals surface area contributed by atoms with Gasteiger partial charge < -0.3 is 10.2 Å². The molecule has 1 fully saturated rings. The topological polar surface area (TPSA) is 50.2 Å². The summed E-state index contributed by atoms with van der Waals surface area (Å²) >= 11 is 0. The average Bonchev–Trinajstić information content (AvgIpc) is 3.34. The minimum absolute atomic E-state index is 0.0550. The molecule has 1 N–H and O–H groups in total. The summed E-state index contributed by atoms with van der Waals surface area (Å²) in [6.07, 6.45) is 5.16. The van der Waals surface area contributed by atoms with Gasteiger partial charge in [-0.05, 0) is 55.2 Å². The van der Waals surface area contributed by atoms with Crippen molar-refractivity contribution >= 4 is 11.7 Å². The molecule has 0 bridgehead atoms. The van der Waals surface area contributed by atoms with Crippen LogP contribution in [0.25, 0.3) is 5.69 Å². The van der Waals surface area contributed by atoms with Crippen LogP contribution in [0.5, 0.6) is 0 Å². The highest BCUT2D eigenvalue weighted by molar-refractivity contribution is 5.90. The molecule has 0 unspecified atom stereocenters. The van der Waals surface area contributed by atoms with E-state index in [1.807, 2.05) is 17.0 Å². The monoisotopic (exact) mass is 364 g/mol. The molecule has 2 heterocycles. The Morgan fingerprint density at radius 1 is 1.22 bits per heavy atom. The molecule has 138 valence electrons.